The third kappa shape index (κ3) is 3.66. The zero-order valence-corrected chi connectivity index (χ0v) is 13.9. The summed E-state index contributed by atoms with van der Waals surface area (Å²) >= 11 is 7.59. The van der Waals surface area contributed by atoms with Gasteiger partial charge in [0.1, 0.15) is 0 Å². The molecular formula is C12H12BrIN2S. The molecule has 1 aromatic carbocycles. The van der Waals surface area contributed by atoms with Crippen molar-refractivity contribution in [1.82, 2.24) is 4.98 Å². The van der Waals surface area contributed by atoms with Crippen molar-refractivity contribution < 1.29 is 0 Å². The van der Waals surface area contributed by atoms with E-state index in [9.17, 15) is 0 Å². The van der Waals surface area contributed by atoms with Crippen LogP contribution < -0.4 is 5.32 Å². The lowest BCUT2D eigenvalue weighted by atomic mass is 10.3. The molecule has 0 radical (unpaired) electrons. The van der Waals surface area contributed by atoms with Crippen LogP contribution in [-0.2, 0) is 13.0 Å². The Morgan fingerprint density at radius 1 is 1.47 bits per heavy atom. The molecule has 2 nitrogen and oxygen atoms in total. The lowest BCUT2D eigenvalue weighted by Crippen LogP contribution is -1.97. The van der Waals surface area contributed by atoms with E-state index in [1.807, 2.05) is 6.20 Å². The average molecular weight is 423 g/mol. The number of halogens is 2. The zero-order valence-electron chi connectivity index (χ0n) is 9.34. The Balaban J connectivity index is 1.99. The van der Waals surface area contributed by atoms with Gasteiger partial charge in [0, 0.05) is 24.8 Å². The fourth-order valence-electron chi connectivity index (χ4n) is 1.39. The first kappa shape index (κ1) is 13.3. The molecule has 0 bridgehead atoms. The van der Waals surface area contributed by atoms with Gasteiger partial charge >= 0.3 is 0 Å². The first-order valence-corrected chi connectivity index (χ1v) is 8.00. The van der Waals surface area contributed by atoms with E-state index >= 15 is 0 Å². The molecule has 1 aromatic heterocycles. The van der Waals surface area contributed by atoms with E-state index in [2.05, 4.69) is 73.9 Å². The molecule has 1 N–H and O–H groups in total. The van der Waals surface area contributed by atoms with Crippen LogP contribution in [0.2, 0.25) is 0 Å². The number of thiazole rings is 1. The molecule has 17 heavy (non-hydrogen) atoms. The highest BCUT2D eigenvalue weighted by Gasteiger charge is 2.01. The number of aryl methyl sites for hydroxylation is 1. The number of anilines is 1. The molecule has 0 aliphatic rings. The largest absolute Gasteiger partial charge is 0.380 e. The molecule has 0 aliphatic carbocycles. The molecule has 0 unspecified atom stereocenters. The molecule has 0 spiro atoms. The van der Waals surface area contributed by atoms with Gasteiger partial charge in [0.05, 0.1) is 11.6 Å². The Kier molecular flexibility index (Phi) is 4.81. The van der Waals surface area contributed by atoms with E-state index in [1.54, 1.807) is 11.3 Å². The zero-order chi connectivity index (χ0) is 12.3. The number of nitrogens with one attached hydrogen (secondary N) is 1. The summed E-state index contributed by atoms with van der Waals surface area (Å²) in [5.41, 5.74) is 1.14. The highest BCUT2D eigenvalue weighted by molar-refractivity contribution is 14.1. The van der Waals surface area contributed by atoms with E-state index in [0.29, 0.717) is 0 Å². The number of hydrogen-bond acceptors (Lipinski definition) is 3. The van der Waals surface area contributed by atoms with Crippen molar-refractivity contribution >= 4 is 55.5 Å². The molecular weight excluding hydrogens is 411 g/mol. The second-order valence-electron chi connectivity index (χ2n) is 3.56. The van der Waals surface area contributed by atoms with Gasteiger partial charge in [-0.3, -0.25) is 0 Å². The van der Waals surface area contributed by atoms with Crippen molar-refractivity contribution in [2.24, 2.45) is 0 Å². The van der Waals surface area contributed by atoms with Crippen LogP contribution in [0.15, 0.2) is 28.9 Å². The summed E-state index contributed by atoms with van der Waals surface area (Å²) in [6, 6.07) is 6.27. The van der Waals surface area contributed by atoms with Crippen LogP contribution in [0, 0.1) is 3.57 Å². The number of rotatable bonds is 4. The number of aromatic nitrogens is 1. The van der Waals surface area contributed by atoms with Crippen LogP contribution in [0.5, 0.6) is 0 Å². The second-order valence-corrected chi connectivity index (χ2v) is 6.77. The predicted molar refractivity (Wildman–Crippen MR) is 85.7 cm³/mol. The normalized spacial score (nSPS) is 10.5. The first-order valence-electron chi connectivity index (χ1n) is 5.31. The average Bonchev–Trinajstić information content (AvgIpc) is 2.79. The van der Waals surface area contributed by atoms with Crippen molar-refractivity contribution in [3.05, 3.63) is 42.3 Å². The molecule has 2 rings (SSSR count). The summed E-state index contributed by atoms with van der Waals surface area (Å²) in [5.74, 6) is 0. The molecule has 0 saturated carbocycles. The summed E-state index contributed by atoms with van der Waals surface area (Å²) in [7, 11) is 0. The number of benzene rings is 1. The van der Waals surface area contributed by atoms with Crippen molar-refractivity contribution in [2.45, 2.75) is 19.9 Å². The van der Waals surface area contributed by atoms with Gasteiger partial charge in [0.2, 0.25) is 0 Å². The van der Waals surface area contributed by atoms with Gasteiger partial charge < -0.3 is 5.32 Å². The first-order chi connectivity index (χ1) is 8.19. The van der Waals surface area contributed by atoms with Crippen LogP contribution in [0.25, 0.3) is 0 Å². The van der Waals surface area contributed by atoms with Gasteiger partial charge in [-0.1, -0.05) is 6.92 Å². The summed E-state index contributed by atoms with van der Waals surface area (Å²) in [5, 5.41) is 4.61. The Bertz CT molecular complexity index is 513. The van der Waals surface area contributed by atoms with Crippen LogP contribution in [-0.4, -0.2) is 4.98 Å². The number of nitrogens with zero attached hydrogens (tertiary/aromatic N) is 1. The quantitative estimate of drug-likeness (QED) is 0.723. The Morgan fingerprint density at radius 3 is 2.94 bits per heavy atom. The lowest BCUT2D eigenvalue weighted by Gasteiger charge is -2.05. The Labute approximate surface area is 127 Å². The van der Waals surface area contributed by atoms with Gasteiger partial charge in [-0.25, -0.2) is 4.98 Å². The minimum Gasteiger partial charge on any atom is -0.380 e. The maximum atomic E-state index is 4.35. The molecule has 0 atom stereocenters. The van der Waals surface area contributed by atoms with E-state index in [1.165, 1.54) is 13.5 Å². The van der Waals surface area contributed by atoms with E-state index in [0.717, 1.165) is 23.1 Å². The standard InChI is InChI=1S/C12H12BrIN2S/c1-2-12-16-7-9(17-12)6-15-8-3-4-10(13)11(14)5-8/h3-5,7,15H,2,6H2,1H3. The molecule has 0 saturated heterocycles. The maximum absolute atomic E-state index is 4.35. The van der Waals surface area contributed by atoms with Gasteiger partial charge in [0.25, 0.3) is 0 Å². The van der Waals surface area contributed by atoms with Gasteiger partial charge in [0.15, 0.2) is 0 Å². The molecule has 0 fully saturated rings. The molecule has 0 aliphatic heterocycles. The van der Waals surface area contributed by atoms with Gasteiger partial charge in [-0.15, -0.1) is 11.3 Å². The second kappa shape index (κ2) is 6.15. The van der Waals surface area contributed by atoms with Crippen LogP contribution in [0.3, 0.4) is 0 Å². The summed E-state index contributed by atoms with van der Waals surface area (Å²) < 4.78 is 2.35. The predicted octanol–water partition coefficient (Wildman–Crippen LogP) is 4.68. The Hall–Kier alpha value is -0.140. The van der Waals surface area contributed by atoms with Gasteiger partial charge in [-0.05, 0) is 63.1 Å². The minimum absolute atomic E-state index is 0.843. The molecule has 1 heterocycles. The maximum Gasteiger partial charge on any atom is 0.0925 e. The fraction of sp³-hybridized carbons (Fsp3) is 0.250. The topological polar surface area (TPSA) is 24.9 Å². The van der Waals surface area contributed by atoms with E-state index in [-0.39, 0.29) is 0 Å². The van der Waals surface area contributed by atoms with Crippen LogP contribution >= 0.6 is 49.9 Å². The van der Waals surface area contributed by atoms with Crippen LogP contribution in [0.1, 0.15) is 16.8 Å². The molecule has 5 heteroatoms. The number of hydrogen-bond donors (Lipinski definition) is 1. The van der Waals surface area contributed by atoms with Crippen molar-refractivity contribution in [3.63, 3.8) is 0 Å². The third-order valence-corrected chi connectivity index (χ3v) is 5.76. The summed E-state index contributed by atoms with van der Waals surface area (Å²) in [6.07, 6.45) is 2.97. The highest BCUT2D eigenvalue weighted by atomic mass is 127. The van der Waals surface area contributed by atoms with Crippen molar-refractivity contribution in [3.8, 4) is 0 Å². The molecule has 90 valence electrons. The fourth-order valence-corrected chi connectivity index (χ4v) is 2.95. The summed E-state index contributed by atoms with van der Waals surface area (Å²) in [4.78, 5) is 5.63. The van der Waals surface area contributed by atoms with E-state index in [4.69, 9.17) is 0 Å². The molecule has 2 aromatic rings. The van der Waals surface area contributed by atoms with Crippen molar-refractivity contribution in [2.75, 3.05) is 5.32 Å². The van der Waals surface area contributed by atoms with E-state index < -0.39 is 0 Å². The van der Waals surface area contributed by atoms with Crippen LogP contribution in [0.4, 0.5) is 5.69 Å². The van der Waals surface area contributed by atoms with Gasteiger partial charge in [-0.2, -0.15) is 0 Å². The molecule has 0 amide bonds. The van der Waals surface area contributed by atoms with Crippen molar-refractivity contribution in [1.29, 1.82) is 0 Å². The third-order valence-electron chi connectivity index (χ3n) is 2.29. The smallest absolute Gasteiger partial charge is 0.0925 e. The monoisotopic (exact) mass is 422 g/mol. The Morgan fingerprint density at radius 2 is 2.29 bits per heavy atom. The summed E-state index contributed by atoms with van der Waals surface area (Å²) in [6.45, 7) is 2.97. The lowest BCUT2D eigenvalue weighted by molar-refractivity contribution is 1.09. The minimum atomic E-state index is 0.843. The highest BCUT2D eigenvalue weighted by Crippen LogP contribution is 2.23. The SMILES string of the molecule is CCc1ncc(CNc2ccc(Br)c(I)c2)s1.